The van der Waals surface area contributed by atoms with Crippen molar-refractivity contribution in [2.24, 2.45) is 5.92 Å². The zero-order valence-electron chi connectivity index (χ0n) is 9.19. The Bertz CT molecular complexity index is 217. The molecule has 0 aliphatic rings. The summed E-state index contributed by atoms with van der Waals surface area (Å²) in [5, 5.41) is 48.9. The van der Waals surface area contributed by atoms with E-state index in [2.05, 4.69) is 0 Å². The second-order valence-corrected chi connectivity index (χ2v) is 3.12. The molecule has 0 amide bonds. The third kappa shape index (κ3) is 11.1. The standard InChI is InChI=1S/C6H12O4.C3H6O4/c7-3-1-2-5(4-8)6(9)10;4-1-2(5)3(6)7/h5,7-8H,1-4H2,(H,9,10);2,4-5H,1H2,(H,6,7). The van der Waals surface area contributed by atoms with Crippen molar-refractivity contribution >= 4 is 11.9 Å². The van der Waals surface area contributed by atoms with Gasteiger partial charge in [0.2, 0.25) is 0 Å². The minimum atomic E-state index is -1.63. The Labute approximate surface area is 97.8 Å². The van der Waals surface area contributed by atoms with E-state index in [0.717, 1.165) is 0 Å². The van der Waals surface area contributed by atoms with E-state index in [1.165, 1.54) is 0 Å². The van der Waals surface area contributed by atoms with Crippen molar-refractivity contribution in [2.75, 3.05) is 19.8 Å². The molecule has 0 bridgehead atoms. The van der Waals surface area contributed by atoms with Gasteiger partial charge in [0.25, 0.3) is 0 Å². The first-order chi connectivity index (χ1) is 7.90. The highest BCUT2D eigenvalue weighted by Gasteiger charge is 2.14. The van der Waals surface area contributed by atoms with Crippen LogP contribution in [0.1, 0.15) is 12.8 Å². The molecule has 0 aliphatic carbocycles. The number of hydrogen-bond donors (Lipinski definition) is 6. The fourth-order valence-electron chi connectivity index (χ4n) is 0.709. The largest absolute Gasteiger partial charge is 0.481 e. The highest BCUT2D eigenvalue weighted by molar-refractivity contribution is 5.71. The van der Waals surface area contributed by atoms with Gasteiger partial charge in [-0.25, -0.2) is 4.79 Å². The minimum absolute atomic E-state index is 0.0240. The minimum Gasteiger partial charge on any atom is -0.481 e. The summed E-state index contributed by atoms with van der Waals surface area (Å²) in [6.45, 7) is -1.10. The second kappa shape index (κ2) is 11.3. The molecule has 8 nitrogen and oxygen atoms in total. The predicted molar refractivity (Wildman–Crippen MR) is 55.3 cm³/mol. The van der Waals surface area contributed by atoms with Gasteiger partial charge in [0.1, 0.15) is 0 Å². The second-order valence-electron chi connectivity index (χ2n) is 3.12. The normalized spacial score (nSPS) is 13.2. The summed E-state index contributed by atoms with van der Waals surface area (Å²) in [5.41, 5.74) is 0. The molecular weight excluding hydrogens is 236 g/mol. The fourth-order valence-corrected chi connectivity index (χ4v) is 0.709. The molecule has 0 radical (unpaired) electrons. The number of aliphatic carboxylic acids is 2. The SMILES string of the molecule is O=C(O)C(CO)CCCO.O=C(O)C(O)CO. The monoisotopic (exact) mass is 254 g/mol. The van der Waals surface area contributed by atoms with Crippen molar-refractivity contribution in [2.45, 2.75) is 18.9 Å². The summed E-state index contributed by atoms with van der Waals surface area (Å²) >= 11 is 0. The molecule has 0 saturated carbocycles. The van der Waals surface area contributed by atoms with Crippen LogP contribution in [0.2, 0.25) is 0 Å². The molecule has 0 aromatic carbocycles. The number of aliphatic hydroxyl groups excluding tert-OH is 4. The topological polar surface area (TPSA) is 156 Å². The van der Waals surface area contributed by atoms with E-state index in [1.54, 1.807) is 0 Å². The molecule has 0 rings (SSSR count). The summed E-state index contributed by atoms with van der Waals surface area (Å²) in [7, 11) is 0. The molecule has 0 fully saturated rings. The molecule has 102 valence electrons. The molecule has 2 unspecified atom stereocenters. The van der Waals surface area contributed by atoms with Gasteiger partial charge in [-0.2, -0.15) is 0 Å². The lowest BCUT2D eigenvalue weighted by molar-refractivity contribution is -0.148. The molecule has 0 aromatic rings. The van der Waals surface area contributed by atoms with Gasteiger partial charge in [0, 0.05) is 6.61 Å². The third-order valence-corrected chi connectivity index (χ3v) is 1.74. The lowest BCUT2D eigenvalue weighted by atomic mass is 10.1. The van der Waals surface area contributed by atoms with Gasteiger partial charge in [-0.15, -0.1) is 0 Å². The van der Waals surface area contributed by atoms with Crippen molar-refractivity contribution in [1.29, 1.82) is 0 Å². The molecule has 2 atom stereocenters. The van der Waals surface area contributed by atoms with Crippen LogP contribution in [0.15, 0.2) is 0 Å². The van der Waals surface area contributed by atoms with Crippen LogP contribution >= 0.6 is 0 Å². The highest BCUT2D eigenvalue weighted by Crippen LogP contribution is 2.04. The summed E-state index contributed by atoms with van der Waals surface area (Å²) in [6, 6.07) is 0. The molecule has 0 heterocycles. The van der Waals surface area contributed by atoms with Crippen molar-refractivity contribution in [3.05, 3.63) is 0 Å². The highest BCUT2D eigenvalue weighted by atomic mass is 16.4. The van der Waals surface area contributed by atoms with Gasteiger partial charge in [0.05, 0.1) is 19.1 Å². The number of carboxylic acid groups (broad SMARTS) is 2. The molecule has 0 spiro atoms. The van der Waals surface area contributed by atoms with Crippen molar-refractivity contribution in [3.8, 4) is 0 Å². The van der Waals surface area contributed by atoms with Gasteiger partial charge in [-0.05, 0) is 12.8 Å². The van der Waals surface area contributed by atoms with E-state index in [9.17, 15) is 9.59 Å². The maximum Gasteiger partial charge on any atom is 0.334 e. The Morgan fingerprint density at radius 2 is 1.47 bits per heavy atom. The van der Waals surface area contributed by atoms with Crippen molar-refractivity contribution < 1.29 is 40.2 Å². The molecule has 0 saturated heterocycles. The van der Waals surface area contributed by atoms with E-state index >= 15 is 0 Å². The van der Waals surface area contributed by atoms with Crippen LogP contribution in [-0.2, 0) is 9.59 Å². The zero-order chi connectivity index (χ0) is 13.8. The Morgan fingerprint density at radius 3 is 1.65 bits per heavy atom. The van der Waals surface area contributed by atoms with Gasteiger partial charge < -0.3 is 30.6 Å². The molecular formula is C9H18O8. The fraction of sp³-hybridized carbons (Fsp3) is 0.778. The number of aliphatic hydroxyl groups is 4. The van der Waals surface area contributed by atoms with Crippen LogP contribution in [0.25, 0.3) is 0 Å². The maximum atomic E-state index is 10.2. The summed E-state index contributed by atoms with van der Waals surface area (Å²) in [4.78, 5) is 19.7. The van der Waals surface area contributed by atoms with Crippen LogP contribution in [0, 0.1) is 5.92 Å². The Morgan fingerprint density at radius 1 is 0.941 bits per heavy atom. The molecule has 6 N–H and O–H groups in total. The lowest BCUT2D eigenvalue weighted by Crippen LogP contribution is -2.22. The van der Waals surface area contributed by atoms with Gasteiger partial charge >= 0.3 is 11.9 Å². The number of hydrogen-bond acceptors (Lipinski definition) is 6. The van der Waals surface area contributed by atoms with Crippen molar-refractivity contribution in [3.63, 3.8) is 0 Å². The van der Waals surface area contributed by atoms with Crippen LogP contribution in [-0.4, -0.2) is 68.5 Å². The maximum absolute atomic E-state index is 10.2. The number of rotatable bonds is 7. The summed E-state index contributed by atoms with van der Waals surface area (Å²) in [5.74, 6) is -3.12. The van der Waals surface area contributed by atoms with Crippen LogP contribution in [0.5, 0.6) is 0 Å². The van der Waals surface area contributed by atoms with Crippen molar-refractivity contribution in [1.82, 2.24) is 0 Å². The van der Waals surface area contributed by atoms with E-state index in [-0.39, 0.29) is 13.2 Å². The van der Waals surface area contributed by atoms with Gasteiger partial charge in [-0.1, -0.05) is 0 Å². The van der Waals surface area contributed by atoms with Gasteiger partial charge in [-0.3, -0.25) is 4.79 Å². The number of carbonyl (C=O) groups is 2. The van der Waals surface area contributed by atoms with Crippen LogP contribution in [0.3, 0.4) is 0 Å². The molecule has 8 heteroatoms. The van der Waals surface area contributed by atoms with E-state index in [4.69, 9.17) is 30.6 Å². The predicted octanol–water partition coefficient (Wildman–Crippen LogP) is -2.12. The molecule has 0 aromatic heterocycles. The Kier molecular flexibility index (Phi) is 12.0. The number of carboxylic acids is 2. The third-order valence-electron chi connectivity index (χ3n) is 1.74. The smallest absolute Gasteiger partial charge is 0.334 e. The lowest BCUT2D eigenvalue weighted by Gasteiger charge is -2.05. The Balaban J connectivity index is 0. The average molecular weight is 254 g/mol. The van der Waals surface area contributed by atoms with Crippen LogP contribution < -0.4 is 0 Å². The first-order valence-electron chi connectivity index (χ1n) is 4.86. The zero-order valence-corrected chi connectivity index (χ0v) is 9.19. The first kappa shape index (κ1) is 18.2. The van der Waals surface area contributed by atoms with Crippen LogP contribution in [0.4, 0.5) is 0 Å². The first-order valence-corrected chi connectivity index (χ1v) is 4.86. The summed E-state index contributed by atoms with van der Waals surface area (Å²) < 4.78 is 0. The quantitative estimate of drug-likeness (QED) is 0.301. The summed E-state index contributed by atoms with van der Waals surface area (Å²) in [6.07, 6.45) is -0.861. The van der Waals surface area contributed by atoms with E-state index < -0.39 is 30.6 Å². The Hall–Kier alpha value is -1.22. The average Bonchev–Trinajstić information content (AvgIpc) is 2.29. The molecule has 0 aliphatic heterocycles. The van der Waals surface area contributed by atoms with Gasteiger partial charge in [0.15, 0.2) is 6.10 Å². The molecule has 17 heavy (non-hydrogen) atoms. The van der Waals surface area contributed by atoms with E-state index in [1.807, 2.05) is 0 Å². The van der Waals surface area contributed by atoms with E-state index in [0.29, 0.717) is 12.8 Å².